The van der Waals surface area contributed by atoms with Crippen LogP contribution in [0.15, 0.2) is 24.3 Å². The molecule has 0 spiro atoms. The van der Waals surface area contributed by atoms with E-state index in [1.165, 1.54) is 0 Å². The van der Waals surface area contributed by atoms with Gasteiger partial charge in [0, 0.05) is 25.1 Å². The van der Waals surface area contributed by atoms with E-state index in [0.717, 1.165) is 44.5 Å². The van der Waals surface area contributed by atoms with Crippen LogP contribution in [0.1, 0.15) is 87.4 Å². The zero-order valence-electron chi connectivity index (χ0n) is 22.8. The van der Waals surface area contributed by atoms with Gasteiger partial charge >= 0.3 is 5.97 Å². The fraction of sp³-hybridized carbons (Fsp3) is 0.533. The summed E-state index contributed by atoms with van der Waals surface area (Å²) in [6, 6.07) is 8.20. The van der Waals surface area contributed by atoms with E-state index >= 15 is 0 Å². The average Bonchev–Trinajstić information content (AvgIpc) is 2.73. The molecule has 0 fully saturated rings. The number of ether oxygens (including phenoxy) is 1. The zero-order chi connectivity index (χ0) is 26.3. The molecule has 3 rings (SSSR count). The van der Waals surface area contributed by atoms with Crippen molar-refractivity contribution in [2.24, 2.45) is 5.41 Å². The van der Waals surface area contributed by atoms with Crippen molar-refractivity contribution in [3.05, 3.63) is 57.6 Å². The molecule has 0 radical (unpaired) electrons. The van der Waals surface area contributed by atoms with Crippen LogP contribution in [0.3, 0.4) is 0 Å². The van der Waals surface area contributed by atoms with Crippen LogP contribution < -0.4 is 0 Å². The van der Waals surface area contributed by atoms with Gasteiger partial charge in [-0.25, -0.2) is 4.79 Å². The largest absolute Gasteiger partial charge is 0.479 e. The maximum Gasteiger partial charge on any atom is 0.337 e. The molecule has 1 heterocycles. The minimum atomic E-state index is -1.09. The number of benzene rings is 2. The number of carbonyl (C=O) groups is 2. The van der Waals surface area contributed by atoms with Crippen LogP contribution in [0.25, 0.3) is 11.1 Å². The third kappa shape index (κ3) is 6.13. The van der Waals surface area contributed by atoms with Gasteiger partial charge in [-0.1, -0.05) is 50.6 Å². The highest BCUT2D eigenvalue weighted by molar-refractivity contribution is 5.84. The Labute approximate surface area is 210 Å². The fourth-order valence-corrected chi connectivity index (χ4v) is 5.01. The van der Waals surface area contributed by atoms with E-state index in [2.05, 4.69) is 27.7 Å². The molecule has 1 aliphatic heterocycles. The van der Waals surface area contributed by atoms with Crippen LogP contribution in [-0.2, 0) is 27.3 Å². The second-order valence-electron chi connectivity index (χ2n) is 12.1. The lowest BCUT2D eigenvalue weighted by molar-refractivity contribution is -0.160. The molecule has 2 aromatic rings. The summed E-state index contributed by atoms with van der Waals surface area (Å²) in [7, 11) is 0. The number of nitrogens with zero attached hydrogens (tertiary/aromatic N) is 1. The van der Waals surface area contributed by atoms with Crippen molar-refractivity contribution in [1.29, 1.82) is 0 Å². The monoisotopic (exact) mass is 479 g/mol. The van der Waals surface area contributed by atoms with Crippen LogP contribution in [0.5, 0.6) is 0 Å². The SMILES string of the molecule is Cc1ccc(-c2c(C)c3c(c(C)c2[C@H](OC(C)(C)C)C(=O)O)CCN(C(=O)CC(C)(C)C)C3)cc1. The van der Waals surface area contributed by atoms with Crippen molar-refractivity contribution in [1.82, 2.24) is 4.90 Å². The van der Waals surface area contributed by atoms with Crippen molar-refractivity contribution >= 4 is 11.9 Å². The molecule has 0 saturated heterocycles. The lowest BCUT2D eigenvalue weighted by atomic mass is 9.80. The number of carbonyl (C=O) groups excluding carboxylic acids is 1. The number of aryl methyl sites for hydroxylation is 1. The predicted octanol–water partition coefficient (Wildman–Crippen LogP) is 6.54. The van der Waals surface area contributed by atoms with Gasteiger partial charge in [0.25, 0.3) is 0 Å². The lowest BCUT2D eigenvalue weighted by Gasteiger charge is -2.36. The molecule has 5 heteroatoms. The van der Waals surface area contributed by atoms with Gasteiger partial charge in [0.1, 0.15) is 0 Å². The molecule has 0 bridgehead atoms. The van der Waals surface area contributed by atoms with Gasteiger partial charge in [-0.05, 0) is 86.8 Å². The molecule has 0 saturated carbocycles. The van der Waals surface area contributed by atoms with Gasteiger partial charge in [0.05, 0.1) is 5.60 Å². The Kier molecular flexibility index (Phi) is 7.52. The van der Waals surface area contributed by atoms with Gasteiger partial charge in [0.15, 0.2) is 6.10 Å². The maximum absolute atomic E-state index is 13.1. The molecule has 2 aromatic carbocycles. The number of rotatable bonds is 5. The van der Waals surface area contributed by atoms with Crippen molar-refractivity contribution in [3.63, 3.8) is 0 Å². The quantitative estimate of drug-likeness (QED) is 0.529. The van der Waals surface area contributed by atoms with Crippen molar-refractivity contribution in [2.75, 3.05) is 6.54 Å². The molecule has 1 N–H and O–H groups in total. The van der Waals surface area contributed by atoms with E-state index in [1.54, 1.807) is 0 Å². The predicted molar refractivity (Wildman–Crippen MR) is 140 cm³/mol. The summed E-state index contributed by atoms with van der Waals surface area (Å²) >= 11 is 0. The Hall–Kier alpha value is -2.66. The van der Waals surface area contributed by atoms with Crippen molar-refractivity contribution < 1.29 is 19.4 Å². The number of hydrogen-bond acceptors (Lipinski definition) is 3. The molecule has 0 aromatic heterocycles. The van der Waals surface area contributed by atoms with Gasteiger partial charge in [-0.2, -0.15) is 0 Å². The van der Waals surface area contributed by atoms with E-state index in [1.807, 2.05) is 63.8 Å². The van der Waals surface area contributed by atoms with E-state index in [-0.39, 0.29) is 11.3 Å². The molecule has 0 aliphatic carbocycles. The van der Waals surface area contributed by atoms with Crippen LogP contribution in [0.4, 0.5) is 0 Å². The molecule has 190 valence electrons. The minimum Gasteiger partial charge on any atom is -0.479 e. The van der Waals surface area contributed by atoms with E-state index in [0.29, 0.717) is 25.9 Å². The van der Waals surface area contributed by atoms with Crippen LogP contribution in [0.2, 0.25) is 0 Å². The number of hydrogen-bond donors (Lipinski definition) is 1. The average molecular weight is 480 g/mol. The topological polar surface area (TPSA) is 66.8 Å². The third-order valence-electron chi connectivity index (χ3n) is 6.63. The van der Waals surface area contributed by atoms with E-state index < -0.39 is 17.7 Å². The van der Waals surface area contributed by atoms with Gasteiger partial charge in [-0.15, -0.1) is 0 Å². The van der Waals surface area contributed by atoms with Crippen LogP contribution in [0, 0.1) is 26.2 Å². The highest BCUT2D eigenvalue weighted by atomic mass is 16.5. The van der Waals surface area contributed by atoms with E-state index in [9.17, 15) is 14.7 Å². The van der Waals surface area contributed by atoms with Gasteiger partial charge in [0.2, 0.25) is 5.91 Å². The number of carboxylic acid groups (broad SMARTS) is 1. The van der Waals surface area contributed by atoms with Crippen molar-refractivity contribution in [3.8, 4) is 11.1 Å². The summed E-state index contributed by atoms with van der Waals surface area (Å²) in [5.74, 6) is -0.825. The second-order valence-corrected chi connectivity index (χ2v) is 12.1. The number of fused-ring (bicyclic) bond motifs is 1. The molecule has 1 amide bonds. The number of amides is 1. The fourth-order valence-electron chi connectivity index (χ4n) is 5.01. The Balaban J connectivity index is 2.23. The Morgan fingerprint density at radius 1 is 0.971 bits per heavy atom. The van der Waals surface area contributed by atoms with Gasteiger partial charge in [-0.3, -0.25) is 4.79 Å². The summed E-state index contributed by atoms with van der Waals surface area (Å²) in [6.07, 6.45) is 0.126. The van der Waals surface area contributed by atoms with Crippen LogP contribution >= 0.6 is 0 Å². The lowest BCUT2D eigenvalue weighted by Crippen LogP contribution is -2.39. The molecule has 5 nitrogen and oxygen atoms in total. The number of carboxylic acids is 1. The molecule has 1 aliphatic rings. The van der Waals surface area contributed by atoms with E-state index in [4.69, 9.17) is 4.74 Å². The zero-order valence-corrected chi connectivity index (χ0v) is 22.8. The first kappa shape index (κ1) is 26.9. The van der Waals surface area contributed by atoms with Crippen LogP contribution in [-0.4, -0.2) is 34.0 Å². The highest BCUT2D eigenvalue weighted by Gasteiger charge is 2.35. The summed E-state index contributed by atoms with van der Waals surface area (Å²) in [5.41, 5.74) is 7.32. The standard InChI is InChI=1S/C30H41NO4/c1-18-10-12-21(13-11-18)25-20(3)23-17-31(24(32)16-29(4,5)6)15-14-22(23)19(2)26(25)27(28(33)34)35-30(7,8)9/h10-13,27H,14-17H2,1-9H3,(H,33,34)/t27-/m0/s1. The normalized spacial score (nSPS) is 15.1. The minimum absolute atomic E-state index is 0.0712. The molecule has 0 unspecified atom stereocenters. The second kappa shape index (κ2) is 9.77. The smallest absolute Gasteiger partial charge is 0.337 e. The summed E-state index contributed by atoms with van der Waals surface area (Å²) in [6.45, 7) is 19.2. The molecule has 35 heavy (non-hydrogen) atoms. The summed E-state index contributed by atoms with van der Waals surface area (Å²) in [5, 5.41) is 10.3. The van der Waals surface area contributed by atoms with Gasteiger partial charge < -0.3 is 14.7 Å². The number of aliphatic carboxylic acids is 1. The third-order valence-corrected chi connectivity index (χ3v) is 6.63. The van der Waals surface area contributed by atoms with Crippen molar-refractivity contribution in [2.45, 2.75) is 93.4 Å². The first-order chi connectivity index (χ1) is 16.1. The molecule has 1 atom stereocenters. The highest BCUT2D eigenvalue weighted by Crippen LogP contribution is 2.42. The summed E-state index contributed by atoms with van der Waals surface area (Å²) < 4.78 is 6.15. The maximum atomic E-state index is 13.1. The first-order valence-corrected chi connectivity index (χ1v) is 12.5. The Morgan fingerprint density at radius 3 is 2.09 bits per heavy atom. The Bertz CT molecular complexity index is 1120. The summed E-state index contributed by atoms with van der Waals surface area (Å²) in [4.78, 5) is 27.6. The Morgan fingerprint density at radius 2 is 1.57 bits per heavy atom. The molecular formula is C30H41NO4. The molecular weight excluding hydrogens is 438 g/mol. The first-order valence-electron chi connectivity index (χ1n) is 12.5.